The average molecular weight is 253 g/mol. The molecule has 0 atom stereocenters. The Kier molecular flexibility index (Phi) is 3.36. The van der Waals surface area contributed by atoms with Gasteiger partial charge in [0.1, 0.15) is 5.82 Å². The maximum Gasteiger partial charge on any atom is 0.154 e. The number of nitrogens with zero attached hydrogens (tertiary/aromatic N) is 1. The molecule has 2 rings (SSSR count). The fourth-order valence-electron chi connectivity index (χ4n) is 1.18. The number of aldehydes is 1. The molecule has 2 nitrogen and oxygen atoms in total. The number of benzene rings is 1. The number of hydrogen-bond acceptors (Lipinski definition) is 4. The fraction of sp³-hybridized carbons (Fsp3) is 0.0909. The van der Waals surface area contributed by atoms with Crippen LogP contribution >= 0.6 is 23.1 Å². The van der Waals surface area contributed by atoms with Crippen molar-refractivity contribution in [3.8, 4) is 0 Å². The summed E-state index contributed by atoms with van der Waals surface area (Å²) in [5.74, 6) is -0.401. The second kappa shape index (κ2) is 4.76. The second-order valence-electron chi connectivity index (χ2n) is 3.16. The molecule has 16 heavy (non-hydrogen) atoms. The Hall–Kier alpha value is -1.20. The van der Waals surface area contributed by atoms with Gasteiger partial charge in [-0.1, -0.05) is 11.8 Å². The number of carbonyl (C=O) groups excluding carboxylic acids is 1. The van der Waals surface area contributed by atoms with E-state index in [4.69, 9.17) is 0 Å². The van der Waals surface area contributed by atoms with E-state index in [0.29, 0.717) is 11.8 Å². The van der Waals surface area contributed by atoms with Crippen molar-refractivity contribution in [3.63, 3.8) is 0 Å². The van der Waals surface area contributed by atoms with E-state index in [-0.39, 0.29) is 0 Å². The van der Waals surface area contributed by atoms with E-state index in [1.807, 2.05) is 12.3 Å². The second-order valence-corrected chi connectivity index (χ2v) is 5.30. The van der Waals surface area contributed by atoms with Crippen molar-refractivity contribution < 1.29 is 9.18 Å². The summed E-state index contributed by atoms with van der Waals surface area (Å²) in [6.45, 7) is 1.91. The van der Waals surface area contributed by atoms with Crippen LogP contribution in [-0.2, 0) is 0 Å². The van der Waals surface area contributed by atoms with Crippen LogP contribution in [0.1, 0.15) is 16.1 Å². The summed E-state index contributed by atoms with van der Waals surface area (Å²) in [6.07, 6.45) is 0.659. The highest BCUT2D eigenvalue weighted by Gasteiger charge is 2.07. The molecule has 0 aliphatic carbocycles. The molecule has 0 saturated carbocycles. The molecule has 82 valence electrons. The highest BCUT2D eigenvalue weighted by molar-refractivity contribution is 8.01. The highest BCUT2D eigenvalue weighted by Crippen LogP contribution is 2.32. The molecule has 0 unspecified atom stereocenters. The van der Waals surface area contributed by atoms with E-state index in [1.54, 1.807) is 6.07 Å². The Balaban J connectivity index is 2.30. The Bertz CT molecular complexity index is 524. The lowest BCUT2D eigenvalue weighted by Gasteiger charge is -2.01. The van der Waals surface area contributed by atoms with Gasteiger partial charge < -0.3 is 0 Å². The minimum atomic E-state index is -0.401. The molecule has 0 fully saturated rings. The van der Waals surface area contributed by atoms with Gasteiger partial charge in [0.05, 0.1) is 0 Å². The number of rotatable bonds is 3. The van der Waals surface area contributed by atoms with Gasteiger partial charge in [0.2, 0.25) is 0 Å². The third-order valence-electron chi connectivity index (χ3n) is 1.89. The Morgan fingerprint density at radius 1 is 1.50 bits per heavy atom. The van der Waals surface area contributed by atoms with E-state index >= 15 is 0 Å². The highest BCUT2D eigenvalue weighted by atomic mass is 32.2. The predicted molar refractivity (Wildman–Crippen MR) is 62.8 cm³/mol. The Morgan fingerprint density at radius 3 is 2.94 bits per heavy atom. The standard InChI is InChI=1S/C11H8FNOS2/c1-7-6-15-11(13-7)16-10-3-2-9(12)4-8(10)5-14/h2-6H,1H3. The van der Waals surface area contributed by atoms with Crippen LogP contribution in [-0.4, -0.2) is 11.3 Å². The molecule has 0 saturated heterocycles. The van der Waals surface area contributed by atoms with E-state index in [0.717, 1.165) is 14.9 Å². The number of carbonyl (C=O) groups is 1. The van der Waals surface area contributed by atoms with E-state index < -0.39 is 5.82 Å². The molecule has 0 N–H and O–H groups in total. The number of aromatic nitrogens is 1. The first-order valence-electron chi connectivity index (χ1n) is 4.54. The lowest BCUT2D eigenvalue weighted by molar-refractivity contribution is 0.112. The zero-order valence-electron chi connectivity index (χ0n) is 8.44. The van der Waals surface area contributed by atoms with Crippen LogP contribution in [0.25, 0.3) is 0 Å². The van der Waals surface area contributed by atoms with Crippen molar-refractivity contribution in [2.45, 2.75) is 16.2 Å². The van der Waals surface area contributed by atoms with Gasteiger partial charge in [-0.15, -0.1) is 11.3 Å². The molecule has 1 aromatic heterocycles. The molecule has 2 aromatic rings. The topological polar surface area (TPSA) is 30.0 Å². The Labute approximate surface area is 101 Å². The van der Waals surface area contributed by atoms with Gasteiger partial charge in [-0.25, -0.2) is 9.37 Å². The van der Waals surface area contributed by atoms with Crippen LogP contribution in [0.2, 0.25) is 0 Å². The fourth-order valence-corrected chi connectivity index (χ4v) is 3.04. The maximum absolute atomic E-state index is 12.9. The largest absolute Gasteiger partial charge is 0.298 e. The van der Waals surface area contributed by atoms with Crippen molar-refractivity contribution in [1.82, 2.24) is 4.98 Å². The Morgan fingerprint density at radius 2 is 2.31 bits per heavy atom. The molecule has 0 spiro atoms. The summed E-state index contributed by atoms with van der Waals surface area (Å²) < 4.78 is 13.7. The van der Waals surface area contributed by atoms with E-state index in [2.05, 4.69) is 4.98 Å². The van der Waals surface area contributed by atoms with Gasteiger partial charge in [0.15, 0.2) is 10.6 Å². The normalized spacial score (nSPS) is 10.4. The van der Waals surface area contributed by atoms with Crippen LogP contribution in [0, 0.1) is 12.7 Å². The van der Waals surface area contributed by atoms with Gasteiger partial charge in [0, 0.05) is 21.5 Å². The summed E-state index contributed by atoms with van der Waals surface area (Å²) in [6, 6.07) is 4.17. The lowest BCUT2D eigenvalue weighted by atomic mass is 10.2. The van der Waals surface area contributed by atoms with Crippen LogP contribution in [0.15, 0.2) is 32.8 Å². The van der Waals surface area contributed by atoms with Gasteiger partial charge >= 0.3 is 0 Å². The van der Waals surface area contributed by atoms with Gasteiger partial charge in [-0.2, -0.15) is 0 Å². The molecule has 5 heteroatoms. The monoisotopic (exact) mass is 253 g/mol. The van der Waals surface area contributed by atoms with E-state index in [9.17, 15) is 9.18 Å². The van der Waals surface area contributed by atoms with Crippen molar-refractivity contribution in [1.29, 1.82) is 0 Å². The minimum absolute atomic E-state index is 0.359. The van der Waals surface area contributed by atoms with E-state index in [1.165, 1.54) is 35.2 Å². The van der Waals surface area contributed by atoms with Gasteiger partial charge in [-0.05, 0) is 25.1 Å². The average Bonchev–Trinajstić information content (AvgIpc) is 2.67. The zero-order valence-corrected chi connectivity index (χ0v) is 10.1. The molecule has 0 bridgehead atoms. The van der Waals surface area contributed by atoms with Crippen molar-refractivity contribution >= 4 is 29.4 Å². The third kappa shape index (κ3) is 2.48. The van der Waals surface area contributed by atoms with Crippen LogP contribution in [0.3, 0.4) is 0 Å². The lowest BCUT2D eigenvalue weighted by Crippen LogP contribution is -1.87. The maximum atomic E-state index is 12.9. The minimum Gasteiger partial charge on any atom is -0.298 e. The smallest absolute Gasteiger partial charge is 0.154 e. The first-order chi connectivity index (χ1) is 7.69. The molecule has 0 aliphatic rings. The summed E-state index contributed by atoms with van der Waals surface area (Å²) in [7, 11) is 0. The third-order valence-corrected chi connectivity index (χ3v) is 4.04. The first kappa shape index (κ1) is 11.3. The molecule has 0 amide bonds. The summed E-state index contributed by atoms with van der Waals surface area (Å²) >= 11 is 2.89. The molecule has 1 aromatic carbocycles. The first-order valence-corrected chi connectivity index (χ1v) is 6.23. The van der Waals surface area contributed by atoms with Gasteiger partial charge in [0.25, 0.3) is 0 Å². The van der Waals surface area contributed by atoms with Crippen LogP contribution in [0.4, 0.5) is 4.39 Å². The number of aryl methyl sites for hydroxylation is 1. The van der Waals surface area contributed by atoms with Gasteiger partial charge in [-0.3, -0.25) is 4.79 Å². The van der Waals surface area contributed by atoms with Crippen LogP contribution < -0.4 is 0 Å². The predicted octanol–water partition coefficient (Wildman–Crippen LogP) is 3.55. The number of thiazole rings is 1. The zero-order chi connectivity index (χ0) is 11.5. The molecule has 0 radical (unpaired) electrons. The van der Waals surface area contributed by atoms with Crippen LogP contribution in [0.5, 0.6) is 0 Å². The quantitative estimate of drug-likeness (QED) is 0.783. The summed E-state index contributed by atoms with van der Waals surface area (Å²) in [5.41, 5.74) is 1.31. The molecule has 0 aliphatic heterocycles. The van der Waals surface area contributed by atoms with Crippen molar-refractivity contribution in [2.24, 2.45) is 0 Å². The summed E-state index contributed by atoms with van der Waals surface area (Å²) in [4.78, 5) is 15.8. The molecule has 1 heterocycles. The van der Waals surface area contributed by atoms with Crippen molar-refractivity contribution in [3.05, 3.63) is 40.7 Å². The number of halogens is 1. The van der Waals surface area contributed by atoms with Crippen molar-refractivity contribution in [2.75, 3.05) is 0 Å². The number of hydrogen-bond donors (Lipinski definition) is 0. The molecular weight excluding hydrogens is 245 g/mol. The SMILES string of the molecule is Cc1csc(Sc2ccc(F)cc2C=O)n1. The summed E-state index contributed by atoms with van der Waals surface area (Å²) in [5, 5.41) is 1.94. The molecular formula is C11H8FNOS2.